The Hall–Kier alpha value is -0.960. The van der Waals surface area contributed by atoms with Gasteiger partial charge in [0.25, 0.3) is 0 Å². The molecule has 0 radical (unpaired) electrons. The first kappa shape index (κ1) is 11.5. The van der Waals surface area contributed by atoms with Crippen LogP contribution in [-0.2, 0) is 9.47 Å². The molecule has 0 heterocycles. The van der Waals surface area contributed by atoms with E-state index in [1.54, 1.807) is 7.11 Å². The first-order valence-corrected chi connectivity index (χ1v) is 6.15. The largest absolute Gasteiger partial charge is 0.489 e. The first-order chi connectivity index (χ1) is 7.79. The molecule has 90 valence electrons. The van der Waals surface area contributed by atoms with Crippen molar-refractivity contribution in [3.05, 3.63) is 23.6 Å². The van der Waals surface area contributed by atoms with Gasteiger partial charge in [-0.1, -0.05) is 6.08 Å². The third-order valence-electron chi connectivity index (χ3n) is 3.39. The molecule has 2 aliphatic carbocycles. The van der Waals surface area contributed by atoms with Crippen molar-refractivity contribution in [2.24, 2.45) is 5.73 Å². The van der Waals surface area contributed by atoms with Gasteiger partial charge in [0.05, 0.1) is 17.9 Å². The average Bonchev–Trinajstić information content (AvgIpc) is 2.33. The minimum absolute atomic E-state index is 0.322. The average molecular weight is 223 g/mol. The highest BCUT2D eigenvalue weighted by atomic mass is 16.5. The summed E-state index contributed by atoms with van der Waals surface area (Å²) in [5.74, 6) is 0.895. The molecule has 0 aromatic carbocycles. The van der Waals surface area contributed by atoms with Gasteiger partial charge in [-0.25, -0.2) is 0 Å². The lowest BCUT2D eigenvalue weighted by Crippen LogP contribution is -2.26. The molecule has 0 aliphatic heterocycles. The zero-order valence-corrected chi connectivity index (χ0v) is 9.95. The van der Waals surface area contributed by atoms with E-state index < -0.39 is 0 Å². The van der Waals surface area contributed by atoms with Crippen LogP contribution in [0.2, 0.25) is 0 Å². The van der Waals surface area contributed by atoms with Crippen molar-refractivity contribution in [2.45, 2.75) is 50.7 Å². The molecule has 0 atom stereocenters. The molecule has 0 spiro atoms. The van der Waals surface area contributed by atoms with Crippen molar-refractivity contribution < 1.29 is 9.47 Å². The third kappa shape index (κ3) is 2.79. The monoisotopic (exact) mass is 223 g/mol. The van der Waals surface area contributed by atoms with Crippen molar-refractivity contribution in [1.82, 2.24) is 0 Å². The smallest absolute Gasteiger partial charge is 0.138 e. The summed E-state index contributed by atoms with van der Waals surface area (Å²) < 4.78 is 11.3. The van der Waals surface area contributed by atoms with Crippen LogP contribution in [0.25, 0.3) is 0 Å². The van der Waals surface area contributed by atoms with E-state index in [2.05, 4.69) is 12.2 Å². The molecule has 3 nitrogen and oxygen atoms in total. The van der Waals surface area contributed by atoms with Gasteiger partial charge >= 0.3 is 0 Å². The molecule has 0 saturated heterocycles. The summed E-state index contributed by atoms with van der Waals surface area (Å²) in [6.45, 7) is 0. The van der Waals surface area contributed by atoms with Gasteiger partial charge in [-0.05, 0) is 44.6 Å². The predicted molar refractivity (Wildman–Crippen MR) is 63.7 cm³/mol. The Morgan fingerprint density at radius 1 is 1.06 bits per heavy atom. The van der Waals surface area contributed by atoms with Crippen molar-refractivity contribution in [3.8, 4) is 0 Å². The summed E-state index contributed by atoms with van der Waals surface area (Å²) >= 11 is 0. The lowest BCUT2D eigenvalue weighted by Gasteiger charge is -2.29. The van der Waals surface area contributed by atoms with Gasteiger partial charge in [-0.2, -0.15) is 0 Å². The number of ether oxygens (including phenoxy) is 2. The van der Waals surface area contributed by atoms with E-state index in [-0.39, 0.29) is 0 Å². The Morgan fingerprint density at radius 3 is 2.31 bits per heavy atom. The van der Waals surface area contributed by atoms with Crippen LogP contribution in [0.5, 0.6) is 0 Å². The topological polar surface area (TPSA) is 44.5 Å². The minimum Gasteiger partial charge on any atom is -0.489 e. The number of hydrogen-bond acceptors (Lipinski definition) is 3. The van der Waals surface area contributed by atoms with Crippen molar-refractivity contribution in [2.75, 3.05) is 7.11 Å². The van der Waals surface area contributed by atoms with Crippen LogP contribution in [0.15, 0.2) is 23.6 Å². The quantitative estimate of drug-likeness (QED) is 0.799. The Balaban J connectivity index is 1.82. The summed E-state index contributed by atoms with van der Waals surface area (Å²) in [6.07, 6.45) is 11.3. The molecule has 0 amide bonds. The Labute approximate surface area is 97.3 Å². The second kappa shape index (κ2) is 5.39. The fraction of sp³-hybridized carbons (Fsp3) is 0.692. The lowest BCUT2D eigenvalue weighted by molar-refractivity contribution is 0.0111. The normalized spacial score (nSPS) is 30.6. The summed E-state index contributed by atoms with van der Waals surface area (Å²) in [5.41, 5.74) is 6.70. The highest BCUT2D eigenvalue weighted by Crippen LogP contribution is 2.27. The molecule has 1 saturated carbocycles. The van der Waals surface area contributed by atoms with E-state index in [1.165, 1.54) is 0 Å². The van der Waals surface area contributed by atoms with Gasteiger partial charge in [0.2, 0.25) is 0 Å². The predicted octanol–water partition coefficient (Wildman–Crippen LogP) is 2.48. The zero-order valence-electron chi connectivity index (χ0n) is 9.95. The Bertz CT molecular complexity index is 288. The fourth-order valence-corrected chi connectivity index (χ4v) is 2.35. The molecular formula is C13H21NO2. The number of allylic oxidation sites excluding steroid dienone is 2. The number of methoxy groups -OCH3 is 1. The first-order valence-electron chi connectivity index (χ1n) is 6.15. The Kier molecular flexibility index (Phi) is 3.88. The van der Waals surface area contributed by atoms with Crippen LogP contribution in [0.1, 0.15) is 38.5 Å². The maximum absolute atomic E-state index is 5.95. The van der Waals surface area contributed by atoms with E-state index in [0.29, 0.717) is 12.2 Å². The minimum atomic E-state index is 0.322. The summed E-state index contributed by atoms with van der Waals surface area (Å²) in [5, 5.41) is 0. The third-order valence-corrected chi connectivity index (χ3v) is 3.39. The Morgan fingerprint density at radius 2 is 1.69 bits per heavy atom. The van der Waals surface area contributed by atoms with Crippen LogP contribution < -0.4 is 5.73 Å². The van der Waals surface area contributed by atoms with Gasteiger partial charge in [0, 0.05) is 7.11 Å². The summed E-state index contributed by atoms with van der Waals surface area (Å²) in [4.78, 5) is 0. The number of nitrogens with two attached hydrogens (primary N) is 1. The van der Waals surface area contributed by atoms with Crippen LogP contribution in [0.4, 0.5) is 0 Å². The second-order valence-corrected chi connectivity index (χ2v) is 4.56. The lowest BCUT2D eigenvalue weighted by atomic mass is 9.95. The van der Waals surface area contributed by atoms with E-state index in [4.69, 9.17) is 15.2 Å². The van der Waals surface area contributed by atoms with Gasteiger partial charge in [0.1, 0.15) is 5.76 Å². The van der Waals surface area contributed by atoms with E-state index in [9.17, 15) is 0 Å². The molecule has 0 aromatic heterocycles. The molecule has 2 N–H and O–H groups in total. The summed E-state index contributed by atoms with van der Waals surface area (Å²) in [7, 11) is 1.79. The molecule has 2 aliphatic rings. The standard InChI is InChI=1S/C13H21NO2/c1-15-10-6-8-11(9-7-10)16-13-5-3-2-4-12(13)14/h4-5,10-11H,2-3,6-9,14H2,1H3. The highest BCUT2D eigenvalue weighted by molar-refractivity contribution is 5.26. The molecule has 16 heavy (non-hydrogen) atoms. The number of hydrogen-bond donors (Lipinski definition) is 1. The molecular weight excluding hydrogens is 202 g/mol. The molecule has 3 heteroatoms. The SMILES string of the molecule is COC1CCC(OC2=CCCC=C2N)CC1. The van der Waals surface area contributed by atoms with Gasteiger partial charge in [-0.15, -0.1) is 0 Å². The van der Waals surface area contributed by atoms with Crippen molar-refractivity contribution in [3.63, 3.8) is 0 Å². The summed E-state index contributed by atoms with van der Waals surface area (Å²) in [6, 6.07) is 0. The maximum Gasteiger partial charge on any atom is 0.138 e. The van der Waals surface area contributed by atoms with Gasteiger partial charge in [-0.3, -0.25) is 0 Å². The molecule has 0 bridgehead atoms. The van der Waals surface area contributed by atoms with Crippen molar-refractivity contribution >= 4 is 0 Å². The molecule has 0 unspecified atom stereocenters. The van der Waals surface area contributed by atoms with E-state index in [1.807, 2.05) is 0 Å². The van der Waals surface area contributed by atoms with Crippen LogP contribution in [0.3, 0.4) is 0 Å². The molecule has 0 aromatic rings. The fourth-order valence-electron chi connectivity index (χ4n) is 2.35. The van der Waals surface area contributed by atoms with Crippen LogP contribution in [0, 0.1) is 0 Å². The van der Waals surface area contributed by atoms with Crippen LogP contribution >= 0.6 is 0 Å². The van der Waals surface area contributed by atoms with Gasteiger partial charge < -0.3 is 15.2 Å². The van der Waals surface area contributed by atoms with E-state index >= 15 is 0 Å². The second-order valence-electron chi connectivity index (χ2n) is 4.56. The maximum atomic E-state index is 5.95. The molecule has 1 fully saturated rings. The zero-order chi connectivity index (χ0) is 11.4. The number of rotatable bonds is 3. The van der Waals surface area contributed by atoms with Crippen molar-refractivity contribution in [1.29, 1.82) is 0 Å². The molecule has 2 rings (SSSR count). The van der Waals surface area contributed by atoms with E-state index in [0.717, 1.165) is 50.0 Å². The van der Waals surface area contributed by atoms with Gasteiger partial charge in [0.15, 0.2) is 0 Å². The van der Waals surface area contributed by atoms with Crippen LogP contribution in [-0.4, -0.2) is 19.3 Å². The highest BCUT2D eigenvalue weighted by Gasteiger charge is 2.23.